The van der Waals surface area contributed by atoms with Crippen molar-refractivity contribution in [2.24, 2.45) is 0 Å². The van der Waals surface area contributed by atoms with E-state index in [1.165, 1.54) is 4.90 Å². The number of likely N-dealkylation sites (N-methyl/N-ethyl adjacent to an activating group) is 2. The van der Waals surface area contributed by atoms with Gasteiger partial charge in [-0.2, -0.15) is 0 Å². The van der Waals surface area contributed by atoms with Crippen LogP contribution in [-0.4, -0.2) is 72.0 Å². The van der Waals surface area contributed by atoms with Gasteiger partial charge in [-0.3, -0.25) is 0 Å². The maximum absolute atomic E-state index is 9.89. The average Bonchev–Trinajstić information content (AvgIpc) is 2.08. The lowest BCUT2D eigenvalue weighted by Gasteiger charge is -2.23. The van der Waals surface area contributed by atoms with Gasteiger partial charge >= 0.3 is 0 Å². The Balaban J connectivity index is 0. The molecule has 108 valence electrons. The van der Waals surface area contributed by atoms with Crippen LogP contribution < -0.4 is 10.0 Å². The normalized spacial score (nSPS) is 10.8. The number of quaternary nitrogens is 2. The molecule has 5 nitrogen and oxygen atoms in total. The first-order valence-electron chi connectivity index (χ1n) is 6.06. The second-order valence-corrected chi connectivity index (χ2v) is 5.79. The van der Waals surface area contributed by atoms with Gasteiger partial charge in [-0.1, -0.05) is 12.2 Å². The highest BCUT2D eigenvalue weighted by molar-refractivity contribution is 5.65. The monoisotopic (exact) mass is 261 g/mol. The van der Waals surface area contributed by atoms with E-state index in [0.29, 0.717) is 11.1 Å². The van der Waals surface area contributed by atoms with Gasteiger partial charge < -0.3 is 24.0 Å². The van der Waals surface area contributed by atoms with Gasteiger partial charge in [-0.25, -0.2) is 0 Å². The second kappa shape index (κ2) is 10.1. The van der Waals surface area contributed by atoms with Gasteiger partial charge in [0.1, 0.15) is 13.1 Å². The fourth-order valence-electron chi connectivity index (χ4n) is 0.910. The van der Waals surface area contributed by atoms with Crippen LogP contribution in [0.4, 0.5) is 0 Å². The van der Waals surface area contributed by atoms with Gasteiger partial charge in [0.15, 0.2) is 0 Å². The third-order valence-electron chi connectivity index (χ3n) is 1.70. The lowest BCUT2D eigenvalue weighted by atomic mass is 10.4. The minimum Gasteiger partial charge on any atom is -0.544 e. The van der Waals surface area contributed by atoms with Crippen LogP contribution in [0.1, 0.15) is 6.92 Å². The highest BCUT2D eigenvalue weighted by atomic mass is 16.5. The molecule has 18 heavy (non-hydrogen) atoms. The molecule has 0 aromatic carbocycles. The van der Waals surface area contributed by atoms with E-state index >= 15 is 0 Å². The third kappa shape index (κ3) is 24.4. The number of hydrogen-bond donors (Lipinski definition) is 1. The van der Waals surface area contributed by atoms with Gasteiger partial charge in [0, 0.05) is 0 Å². The van der Waals surface area contributed by atoms with Crippen molar-refractivity contribution >= 4 is 5.97 Å². The predicted octanol–water partition coefficient (Wildman–Crippen LogP) is -1.83. The zero-order chi connectivity index (χ0) is 14.8. The van der Waals surface area contributed by atoms with Gasteiger partial charge in [0.25, 0.3) is 0 Å². The summed E-state index contributed by atoms with van der Waals surface area (Å²) in [6.07, 6.45) is 0. The van der Waals surface area contributed by atoms with Crippen molar-refractivity contribution in [3.05, 3.63) is 12.2 Å². The first kappa shape index (κ1) is 19.4. The molecule has 0 bridgehead atoms. The van der Waals surface area contributed by atoms with E-state index in [-0.39, 0.29) is 6.54 Å². The maximum Gasteiger partial charge on any atom is 0.118 e. The first-order chi connectivity index (χ1) is 8.04. The molecule has 0 aromatic rings. The third-order valence-corrected chi connectivity index (χ3v) is 1.70. The summed E-state index contributed by atoms with van der Waals surface area (Å²) in [4.78, 5) is 11.3. The maximum atomic E-state index is 9.89. The van der Waals surface area contributed by atoms with E-state index in [2.05, 4.69) is 20.7 Å². The molecule has 0 aromatic heterocycles. The Bertz CT molecular complexity index is 245. The molecule has 0 aliphatic heterocycles. The Labute approximate surface area is 111 Å². The highest BCUT2D eigenvalue weighted by Gasteiger charge is 2.04. The standard InChI is InChI=1S/C8H17NO.C5H11NO2/c1-8(2)7-10-6-5-9(3)4;1-6(2,3)4-5(7)8/h1,5-7H2,2-4H3;4H2,1-3H3/p+1. The Kier molecular flexibility index (Phi) is 10.9. The summed E-state index contributed by atoms with van der Waals surface area (Å²) in [5.41, 5.74) is 1.09. The Morgan fingerprint density at radius 2 is 1.83 bits per heavy atom. The van der Waals surface area contributed by atoms with Crippen LogP contribution in [-0.2, 0) is 9.53 Å². The number of carbonyl (C=O) groups excluding carboxylic acids is 1. The quantitative estimate of drug-likeness (QED) is 0.333. The van der Waals surface area contributed by atoms with Crippen molar-refractivity contribution in [3.63, 3.8) is 0 Å². The van der Waals surface area contributed by atoms with E-state index in [9.17, 15) is 9.90 Å². The number of carboxylic acid groups (broad SMARTS) is 1. The van der Waals surface area contributed by atoms with Gasteiger partial charge in [0.05, 0.1) is 54.4 Å². The van der Waals surface area contributed by atoms with Crippen molar-refractivity contribution in [2.45, 2.75) is 6.92 Å². The molecule has 0 rings (SSSR count). The number of rotatable bonds is 7. The number of ether oxygens (including phenoxy) is 1. The van der Waals surface area contributed by atoms with E-state index in [1.54, 1.807) is 21.1 Å². The van der Waals surface area contributed by atoms with Crippen LogP contribution in [0.15, 0.2) is 12.2 Å². The molecule has 0 saturated carbocycles. The number of aliphatic carboxylic acids is 1. The number of nitrogens with zero attached hydrogens (tertiary/aromatic N) is 1. The fraction of sp³-hybridized carbons (Fsp3) is 0.769. The number of carboxylic acids is 1. The van der Waals surface area contributed by atoms with Crippen LogP contribution >= 0.6 is 0 Å². The molecule has 0 aliphatic carbocycles. The summed E-state index contributed by atoms with van der Waals surface area (Å²) in [5, 5.41) is 9.89. The minimum atomic E-state index is -1.00. The molecule has 0 heterocycles. The predicted molar refractivity (Wildman–Crippen MR) is 71.2 cm³/mol. The number of hydrogen-bond acceptors (Lipinski definition) is 3. The molecule has 0 atom stereocenters. The summed E-state index contributed by atoms with van der Waals surface area (Å²) in [6, 6.07) is 0. The zero-order valence-corrected chi connectivity index (χ0v) is 12.7. The summed E-state index contributed by atoms with van der Waals surface area (Å²) in [6.45, 7) is 8.38. The van der Waals surface area contributed by atoms with Crippen LogP contribution in [0.2, 0.25) is 0 Å². The van der Waals surface area contributed by atoms with Crippen LogP contribution in [0.3, 0.4) is 0 Å². The topological polar surface area (TPSA) is 53.8 Å². The molecule has 5 heteroatoms. The van der Waals surface area contributed by atoms with Crippen LogP contribution in [0.5, 0.6) is 0 Å². The average molecular weight is 261 g/mol. The molecule has 1 N–H and O–H groups in total. The summed E-state index contributed by atoms with van der Waals surface area (Å²) in [7, 11) is 9.63. The highest BCUT2D eigenvalue weighted by Crippen LogP contribution is 1.85. The Morgan fingerprint density at radius 1 is 1.33 bits per heavy atom. The summed E-state index contributed by atoms with van der Waals surface area (Å²) >= 11 is 0. The molecule has 0 spiro atoms. The molecular weight excluding hydrogens is 232 g/mol. The molecule has 0 amide bonds. The summed E-state index contributed by atoms with van der Waals surface area (Å²) in [5.74, 6) is -1.00. The van der Waals surface area contributed by atoms with Crippen LogP contribution in [0, 0.1) is 0 Å². The molecule has 0 aliphatic rings. The fourth-order valence-corrected chi connectivity index (χ4v) is 0.910. The number of carbonyl (C=O) groups is 1. The lowest BCUT2D eigenvalue weighted by molar-refractivity contribution is -0.864. The summed E-state index contributed by atoms with van der Waals surface area (Å²) < 4.78 is 5.70. The van der Waals surface area contributed by atoms with Crippen LogP contribution in [0.25, 0.3) is 0 Å². The van der Waals surface area contributed by atoms with E-state index in [1.807, 2.05) is 6.92 Å². The first-order valence-corrected chi connectivity index (χ1v) is 6.06. The largest absolute Gasteiger partial charge is 0.544 e. The lowest BCUT2D eigenvalue weighted by Crippen LogP contribution is -3.06. The van der Waals surface area contributed by atoms with Crippen molar-refractivity contribution in [3.8, 4) is 0 Å². The second-order valence-electron chi connectivity index (χ2n) is 5.79. The number of nitrogens with one attached hydrogen (secondary N) is 1. The Morgan fingerprint density at radius 3 is 2.06 bits per heavy atom. The SMILES string of the molecule is C=C(C)COCC[NH+](C)C.C[N+](C)(C)CC(=O)[O-]. The molecule has 0 unspecified atom stereocenters. The van der Waals surface area contributed by atoms with Crippen molar-refractivity contribution in [1.29, 1.82) is 0 Å². The Hall–Kier alpha value is -0.910. The smallest absolute Gasteiger partial charge is 0.118 e. The minimum absolute atomic E-state index is 0.0694. The van der Waals surface area contributed by atoms with Crippen molar-refractivity contribution < 1.29 is 24.0 Å². The molecule has 0 saturated heterocycles. The van der Waals surface area contributed by atoms with E-state index in [4.69, 9.17) is 4.74 Å². The van der Waals surface area contributed by atoms with Gasteiger partial charge in [-0.05, 0) is 6.92 Å². The van der Waals surface area contributed by atoms with Crippen molar-refractivity contribution in [2.75, 3.05) is 61.5 Å². The van der Waals surface area contributed by atoms with E-state index < -0.39 is 5.97 Å². The van der Waals surface area contributed by atoms with E-state index in [0.717, 1.165) is 18.7 Å². The van der Waals surface area contributed by atoms with Gasteiger partial charge in [-0.15, -0.1) is 0 Å². The molecule has 0 radical (unpaired) electrons. The van der Waals surface area contributed by atoms with Gasteiger partial charge in [0.2, 0.25) is 0 Å². The zero-order valence-electron chi connectivity index (χ0n) is 12.7. The molecule has 0 fully saturated rings. The van der Waals surface area contributed by atoms with Crippen molar-refractivity contribution in [1.82, 2.24) is 0 Å². The molecular formula is C13H29N2O3+.